The number of hydrogen-bond acceptors (Lipinski definition) is 4. The van der Waals surface area contributed by atoms with E-state index in [2.05, 4.69) is 77.9 Å². The first kappa shape index (κ1) is 19.2. The molecule has 2 heterocycles. The Balaban J connectivity index is 1.61. The molecule has 0 unspecified atom stereocenters. The van der Waals surface area contributed by atoms with Crippen LogP contribution in [0.5, 0.6) is 0 Å². The van der Waals surface area contributed by atoms with Gasteiger partial charge >= 0.3 is 0 Å². The zero-order valence-electron chi connectivity index (χ0n) is 18.4. The summed E-state index contributed by atoms with van der Waals surface area (Å²) in [5, 5.41) is 15.0. The zero-order chi connectivity index (χ0) is 21.9. The summed E-state index contributed by atoms with van der Waals surface area (Å²) in [5.74, 6) is 0.235. The van der Waals surface area contributed by atoms with Crippen LogP contribution in [0.4, 0.5) is 5.69 Å². The fourth-order valence-corrected chi connectivity index (χ4v) is 5.49. The Morgan fingerprint density at radius 3 is 2.56 bits per heavy atom. The fraction of sp³-hybridized carbons (Fsp3) is 0.250. The van der Waals surface area contributed by atoms with Crippen molar-refractivity contribution >= 4 is 33.5 Å². The number of azo groups is 1. The monoisotopic (exact) mass is 419 g/mol. The van der Waals surface area contributed by atoms with E-state index < -0.39 is 0 Å². The van der Waals surface area contributed by atoms with Gasteiger partial charge in [-0.25, -0.2) is 0 Å². The van der Waals surface area contributed by atoms with Crippen LogP contribution in [0.2, 0.25) is 0 Å². The highest BCUT2D eigenvalue weighted by atomic mass is 16.1. The molecule has 0 bridgehead atoms. The largest absolute Gasteiger partial charge is 0.374 e. The van der Waals surface area contributed by atoms with Crippen LogP contribution in [0, 0.1) is 5.41 Å². The van der Waals surface area contributed by atoms with Gasteiger partial charge in [0.15, 0.2) is 5.78 Å². The lowest BCUT2D eigenvalue weighted by atomic mass is 9.67. The number of allylic oxidation sites excluding steroid dienone is 1. The number of ketones is 1. The number of anilines is 1. The summed E-state index contributed by atoms with van der Waals surface area (Å²) >= 11 is 0. The third-order valence-corrected chi connectivity index (χ3v) is 6.85. The molecular formula is C28H25N3O. The zero-order valence-corrected chi connectivity index (χ0v) is 18.4. The maximum atomic E-state index is 13.6. The van der Waals surface area contributed by atoms with E-state index in [-0.39, 0.29) is 17.2 Å². The van der Waals surface area contributed by atoms with Crippen molar-refractivity contribution in [2.45, 2.75) is 32.7 Å². The Kier molecular flexibility index (Phi) is 4.19. The van der Waals surface area contributed by atoms with Crippen molar-refractivity contribution in [2.24, 2.45) is 15.6 Å². The van der Waals surface area contributed by atoms with Crippen LogP contribution < -0.4 is 5.32 Å². The topological polar surface area (TPSA) is 53.8 Å². The molecule has 2 aliphatic heterocycles. The molecule has 1 N–H and O–H groups in total. The fourth-order valence-electron chi connectivity index (χ4n) is 5.49. The van der Waals surface area contributed by atoms with Crippen molar-refractivity contribution in [1.29, 1.82) is 0 Å². The summed E-state index contributed by atoms with van der Waals surface area (Å²) in [6.45, 7) is 4.91. The number of benzene rings is 3. The van der Waals surface area contributed by atoms with Crippen molar-refractivity contribution < 1.29 is 4.79 Å². The van der Waals surface area contributed by atoms with Gasteiger partial charge in [-0.05, 0) is 34.2 Å². The number of rotatable bonds is 2. The molecule has 0 saturated carbocycles. The van der Waals surface area contributed by atoms with Gasteiger partial charge in [-0.2, -0.15) is 10.2 Å². The first-order valence-electron chi connectivity index (χ1n) is 11.2. The summed E-state index contributed by atoms with van der Waals surface area (Å²) in [6, 6.07) is 22.7. The lowest BCUT2D eigenvalue weighted by Gasteiger charge is -2.40. The van der Waals surface area contributed by atoms with Gasteiger partial charge in [-0.3, -0.25) is 4.79 Å². The van der Waals surface area contributed by atoms with Gasteiger partial charge in [0.1, 0.15) is 0 Å². The minimum Gasteiger partial charge on any atom is -0.374 e. The number of nitrogens with zero attached hydrogens (tertiary/aromatic N) is 2. The molecule has 0 spiro atoms. The number of hydrogen-bond donors (Lipinski definition) is 1. The van der Waals surface area contributed by atoms with Crippen LogP contribution in [-0.4, -0.2) is 18.4 Å². The number of Topliss-reactive ketones (excluding diaryl/α,β-unsaturated/α-hetero) is 1. The molecule has 0 saturated heterocycles. The third-order valence-electron chi connectivity index (χ3n) is 6.85. The Morgan fingerprint density at radius 1 is 0.938 bits per heavy atom. The van der Waals surface area contributed by atoms with E-state index in [4.69, 9.17) is 0 Å². The maximum absolute atomic E-state index is 13.6. The van der Waals surface area contributed by atoms with Gasteiger partial charge in [0.25, 0.3) is 0 Å². The number of carbonyl (C=O) groups is 1. The van der Waals surface area contributed by atoms with Crippen LogP contribution in [0.15, 0.2) is 88.1 Å². The molecule has 3 aliphatic rings. The SMILES string of the molecule is CC1(C)CC(=O)C2=C(C1)c1c(ccc3ccccc13)N[C@H]2C1=C(c2ccccc2)N=NC1. The Morgan fingerprint density at radius 2 is 1.72 bits per heavy atom. The van der Waals surface area contributed by atoms with Crippen molar-refractivity contribution in [1.82, 2.24) is 0 Å². The molecule has 1 atom stereocenters. The quantitative estimate of drug-likeness (QED) is 0.505. The number of nitrogens with one attached hydrogen (secondary N) is 1. The normalized spacial score (nSPS) is 21.6. The van der Waals surface area contributed by atoms with Crippen LogP contribution in [0.25, 0.3) is 22.0 Å². The Labute approximate surface area is 187 Å². The minimum atomic E-state index is -0.201. The summed E-state index contributed by atoms with van der Waals surface area (Å²) < 4.78 is 0. The first-order valence-corrected chi connectivity index (χ1v) is 11.2. The molecule has 3 aromatic carbocycles. The summed E-state index contributed by atoms with van der Waals surface area (Å²) in [4.78, 5) is 13.6. The average molecular weight is 420 g/mol. The van der Waals surface area contributed by atoms with E-state index in [0.717, 1.165) is 34.5 Å². The molecule has 3 aromatic rings. The molecule has 0 amide bonds. The standard InChI is InChI=1S/C28H25N3O/c1-28(2)14-20-24-19-11-7-6-8-17(19)12-13-22(24)30-27(25(20)23(32)15-28)21-16-29-31-26(21)18-9-4-3-5-10-18/h3-13,27,30H,14-16H2,1-2H3/t27-/m0/s1. The molecule has 1 aliphatic carbocycles. The highest BCUT2D eigenvalue weighted by molar-refractivity contribution is 6.13. The van der Waals surface area contributed by atoms with Crippen molar-refractivity contribution in [2.75, 3.05) is 11.9 Å². The van der Waals surface area contributed by atoms with Crippen LogP contribution in [0.1, 0.15) is 37.8 Å². The minimum absolute atomic E-state index is 0.0624. The lowest BCUT2D eigenvalue weighted by molar-refractivity contribution is -0.117. The van der Waals surface area contributed by atoms with E-state index in [1.807, 2.05) is 18.2 Å². The van der Waals surface area contributed by atoms with Crippen LogP contribution in [-0.2, 0) is 4.79 Å². The lowest BCUT2D eigenvalue weighted by Crippen LogP contribution is -2.39. The van der Waals surface area contributed by atoms with E-state index >= 15 is 0 Å². The van der Waals surface area contributed by atoms with Crippen molar-refractivity contribution in [3.8, 4) is 0 Å². The van der Waals surface area contributed by atoms with E-state index in [1.165, 1.54) is 21.9 Å². The number of fused-ring (bicyclic) bond motifs is 4. The Hall–Kier alpha value is -3.53. The predicted octanol–water partition coefficient (Wildman–Crippen LogP) is 6.65. The highest BCUT2D eigenvalue weighted by Gasteiger charge is 2.42. The highest BCUT2D eigenvalue weighted by Crippen LogP contribution is 2.50. The predicted molar refractivity (Wildman–Crippen MR) is 129 cm³/mol. The second-order valence-corrected chi connectivity index (χ2v) is 9.76. The van der Waals surface area contributed by atoms with Crippen LogP contribution in [0.3, 0.4) is 0 Å². The summed E-state index contributed by atoms with van der Waals surface area (Å²) in [7, 11) is 0. The van der Waals surface area contributed by atoms with Gasteiger partial charge < -0.3 is 5.32 Å². The molecule has 4 nitrogen and oxygen atoms in total. The van der Waals surface area contributed by atoms with Crippen molar-refractivity contribution in [3.05, 3.63) is 89.0 Å². The maximum Gasteiger partial charge on any atom is 0.162 e. The molecule has 158 valence electrons. The second-order valence-electron chi connectivity index (χ2n) is 9.76. The van der Waals surface area contributed by atoms with Gasteiger partial charge in [0.05, 0.1) is 18.3 Å². The summed E-state index contributed by atoms with van der Waals surface area (Å²) in [5.41, 5.74) is 7.31. The molecule has 6 rings (SSSR count). The van der Waals surface area contributed by atoms with Gasteiger partial charge in [-0.1, -0.05) is 74.5 Å². The molecular weight excluding hydrogens is 394 g/mol. The Bertz CT molecular complexity index is 1360. The van der Waals surface area contributed by atoms with Gasteiger partial charge in [0.2, 0.25) is 0 Å². The van der Waals surface area contributed by atoms with Gasteiger partial charge in [0, 0.05) is 34.4 Å². The van der Waals surface area contributed by atoms with E-state index in [1.54, 1.807) is 0 Å². The molecule has 0 aromatic heterocycles. The average Bonchev–Trinajstić information content (AvgIpc) is 3.27. The number of carbonyl (C=O) groups excluding carboxylic acids is 1. The first-order chi connectivity index (χ1) is 15.5. The summed E-state index contributed by atoms with van der Waals surface area (Å²) in [6.07, 6.45) is 1.45. The molecule has 0 fully saturated rings. The smallest absolute Gasteiger partial charge is 0.162 e. The van der Waals surface area contributed by atoms with Gasteiger partial charge in [-0.15, -0.1) is 0 Å². The van der Waals surface area contributed by atoms with E-state index in [0.29, 0.717) is 13.0 Å². The third kappa shape index (κ3) is 2.94. The molecule has 0 radical (unpaired) electrons. The van der Waals surface area contributed by atoms with Crippen LogP contribution >= 0.6 is 0 Å². The van der Waals surface area contributed by atoms with E-state index in [9.17, 15) is 4.79 Å². The molecule has 4 heteroatoms. The van der Waals surface area contributed by atoms with Crippen molar-refractivity contribution in [3.63, 3.8) is 0 Å². The second kappa shape index (κ2) is 6.99. The molecule has 32 heavy (non-hydrogen) atoms.